The van der Waals surface area contributed by atoms with Gasteiger partial charge in [0.1, 0.15) is 10.8 Å². The molecule has 8 nitrogen and oxygen atoms in total. The maximum absolute atomic E-state index is 13.2. The summed E-state index contributed by atoms with van der Waals surface area (Å²) < 4.78 is 5.91. The van der Waals surface area contributed by atoms with E-state index in [0.717, 1.165) is 68.9 Å². The first-order chi connectivity index (χ1) is 21.0. The molecule has 1 atom stereocenters. The number of nitriles is 1. The maximum Gasteiger partial charge on any atom is 0.256 e. The van der Waals surface area contributed by atoms with Crippen LogP contribution >= 0.6 is 23.1 Å². The third-order valence-electron chi connectivity index (χ3n) is 7.71. The van der Waals surface area contributed by atoms with E-state index in [-0.39, 0.29) is 17.9 Å². The third-order valence-corrected chi connectivity index (χ3v) is 9.89. The van der Waals surface area contributed by atoms with Crippen LogP contribution in [0.5, 0.6) is 5.75 Å². The summed E-state index contributed by atoms with van der Waals surface area (Å²) in [6.45, 7) is 4.70. The Bertz CT molecular complexity index is 1700. The van der Waals surface area contributed by atoms with Gasteiger partial charge in [-0.25, -0.2) is 4.98 Å². The Labute approximate surface area is 259 Å². The van der Waals surface area contributed by atoms with E-state index in [1.807, 2.05) is 67.6 Å². The van der Waals surface area contributed by atoms with Crippen molar-refractivity contribution in [2.45, 2.75) is 48.6 Å². The van der Waals surface area contributed by atoms with Crippen LogP contribution in [0.3, 0.4) is 0 Å². The number of fused-ring (bicyclic) bond motifs is 2. The molecule has 2 N–H and O–H groups in total. The van der Waals surface area contributed by atoms with Gasteiger partial charge >= 0.3 is 0 Å². The van der Waals surface area contributed by atoms with Crippen molar-refractivity contribution in [3.63, 3.8) is 0 Å². The van der Waals surface area contributed by atoms with Gasteiger partial charge in [-0.15, -0.1) is 11.3 Å². The monoisotopic (exact) mass is 609 g/mol. The normalized spacial score (nSPS) is 16.0. The number of aromatic nitrogens is 1. The lowest BCUT2D eigenvalue weighted by Gasteiger charge is -2.18. The number of hydrogen-bond donors (Lipinski definition) is 2. The second-order valence-corrected chi connectivity index (χ2v) is 12.7. The van der Waals surface area contributed by atoms with Gasteiger partial charge in [-0.3, -0.25) is 14.5 Å². The predicted octanol–water partition coefficient (Wildman–Crippen LogP) is 6.52. The highest BCUT2D eigenvalue weighted by molar-refractivity contribution is 7.99. The first kappa shape index (κ1) is 28.9. The van der Waals surface area contributed by atoms with Crippen LogP contribution < -0.4 is 15.4 Å². The largest absolute Gasteiger partial charge is 0.494 e. The molecule has 2 amide bonds. The van der Waals surface area contributed by atoms with E-state index in [1.165, 1.54) is 23.1 Å². The summed E-state index contributed by atoms with van der Waals surface area (Å²) in [5, 5.41) is 16.1. The van der Waals surface area contributed by atoms with Gasteiger partial charge in [0.2, 0.25) is 0 Å². The molecule has 2 aliphatic rings. The molecule has 0 bridgehead atoms. The molecule has 43 heavy (non-hydrogen) atoms. The van der Waals surface area contributed by atoms with Crippen LogP contribution in [0.4, 0.5) is 5.69 Å². The topological polar surface area (TPSA) is 107 Å². The molecule has 2 aliphatic heterocycles. The van der Waals surface area contributed by atoms with E-state index in [4.69, 9.17) is 4.74 Å². The summed E-state index contributed by atoms with van der Waals surface area (Å²) in [7, 11) is 0. The van der Waals surface area contributed by atoms with Gasteiger partial charge < -0.3 is 15.4 Å². The fourth-order valence-corrected chi connectivity index (χ4v) is 7.35. The highest BCUT2D eigenvalue weighted by atomic mass is 32.2. The predicted molar refractivity (Wildman–Crippen MR) is 169 cm³/mol. The molecule has 3 aromatic carbocycles. The number of thiazole rings is 1. The number of anilines is 1. The summed E-state index contributed by atoms with van der Waals surface area (Å²) >= 11 is 3.05. The molecular formula is C33H31N5O3S2. The first-order valence-corrected chi connectivity index (χ1v) is 15.9. The van der Waals surface area contributed by atoms with Crippen LogP contribution in [0, 0.1) is 18.3 Å². The lowest BCUT2D eigenvalue weighted by molar-refractivity contribution is 0.0949. The standard InChI is InChI=1S/C33H31N5O3S2/c1-21-26(13-14-29-30(21)37-32(40)27-7-2-3-8-28(27)43-29)31(39)35-19-25-20-36-33(42-25)22-9-11-24(12-10-22)41-17-5-16-38-15-4-6-23(38)18-34/h2-3,7-14,20,23H,4-6,15-17,19H2,1H3,(H,35,39)(H,37,40)/t23-/m0/s1. The number of benzene rings is 3. The number of ether oxygens (including phenoxy) is 1. The first-order valence-electron chi connectivity index (χ1n) is 14.3. The molecule has 3 heterocycles. The van der Waals surface area contributed by atoms with Crippen molar-refractivity contribution in [2.75, 3.05) is 25.0 Å². The number of carbonyl (C=O) groups excluding carboxylic acids is 2. The number of nitrogens with one attached hydrogen (secondary N) is 2. The minimum absolute atomic E-state index is 0.0515. The Morgan fingerprint density at radius 1 is 1.16 bits per heavy atom. The highest BCUT2D eigenvalue weighted by Crippen LogP contribution is 2.41. The quantitative estimate of drug-likeness (QED) is 0.208. The van der Waals surface area contributed by atoms with Gasteiger partial charge in [0.05, 0.1) is 36.5 Å². The fourth-order valence-electron chi connectivity index (χ4n) is 5.39. The van der Waals surface area contributed by atoms with Gasteiger partial charge in [-0.1, -0.05) is 23.9 Å². The van der Waals surface area contributed by atoms with Crippen LogP contribution in [0.2, 0.25) is 0 Å². The van der Waals surface area contributed by atoms with Crippen molar-refractivity contribution in [1.82, 2.24) is 15.2 Å². The SMILES string of the molecule is Cc1c(C(=O)NCc2cnc(-c3ccc(OCCCN4CCC[C@H]4C#N)cc3)s2)ccc2c1NC(=O)c1ccccc1S2. The molecule has 10 heteroatoms. The van der Waals surface area contributed by atoms with Crippen LogP contribution in [-0.4, -0.2) is 47.4 Å². The summed E-state index contributed by atoms with van der Waals surface area (Å²) in [6.07, 6.45) is 4.73. The fraction of sp³-hybridized carbons (Fsp3) is 0.273. The highest BCUT2D eigenvalue weighted by Gasteiger charge is 2.24. The average Bonchev–Trinajstić information content (AvgIpc) is 3.67. The number of carbonyl (C=O) groups is 2. The average molecular weight is 610 g/mol. The van der Waals surface area contributed by atoms with Gasteiger partial charge in [0.15, 0.2) is 0 Å². The summed E-state index contributed by atoms with van der Waals surface area (Å²) in [4.78, 5) is 35.5. The van der Waals surface area contributed by atoms with Crippen molar-refractivity contribution in [1.29, 1.82) is 5.26 Å². The van der Waals surface area contributed by atoms with E-state index in [0.29, 0.717) is 30.0 Å². The second kappa shape index (κ2) is 13.0. The van der Waals surface area contributed by atoms with Gasteiger partial charge in [0.25, 0.3) is 11.8 Å². The molecule has 0 unspecified atom stereocenters. The van der Waals surface area contributed by atoms with Crippen molar-refractivity contribution < 1.29 is 14.3 Å². The third kappa shape index (κ3) is 6.44. The Morgan fingerprint density at radius 2 is 2.00 bits per heavy atom. The van der Waals surface area contributed by atoms with Crippen LogP contribution in [0.1, 0.15) is 50.4 Å². The van der Waals surface area contributed by atoms with Gasteiger partial charge in [0, 0.05) is 38.5 Å². The minimum Gasteiger partial charge on any atom is -0.494 e. The summed E-state index contributed by atoms with van der Waals surface area (Å²) in [6, 6.07) is 21.5. The zero-order valence-corrected chi connectivity index (χ0v) is 25.4. The molecule has 6 rings (SSSR count). The van der Waals surface area contributed by atoms with Gasteiger partial charge in [-0.05, 0) is 86.8 Å². The van der Waals surface area contributed by atoms with Crippen molar-refractivity contribution in [3.8, 4) is 22.4 Å². The Balaban J connectivity index is 1.02. The summed E-state index contributed by atoms with van der Waals surface area (Å²) in [5.74, 6) is 0.429. The molecule has 4 aromatic rings. The molecule has 0 aliphatic carbocycles. The molecular weight excluding hydrogens is 579 g/mol. The Kier molecular flexibility index (Phi) is 8.74. The number of amides is 2. The molecule has 0 radical (unpaired) electrons. The zero-order chi connectivity index (χ0) is 29.8. The molecule has 0 saturated carbocycles. The molecule has 1 fully saturated rings. The van der Waals surface area contributed by atoms with E-state index in [2.05, 4.69) is 26.6 Å². The summed E-state index contributed by atoms with van der Waals surface area (Å²) in [5.41, 5.74) is 3.54. The van der Waals surface area contributed by atoms with E-state index in [9.17, 15) is 14.9 Å². The smallest absolute Gasteiger partial charge is 0.256 e. The van der Waals surface area contributed by atoms with Crippen molar-refractivity contribution >= 4 is 40.6 Å². The van der Waals surface area contributed by atoms with Gasteiger partial charge in [-0.2, -0.15) is 5.26 Å². The molecule has 1 saturated heterocycles. The van der Waals surface area contributed by atoms with E-state index in [1.54, 1.807) is 6.20 Å². The molecule has 218 valence electrons. The molecule has 0 spiro atoms. The second-order valence-electron chi connectivity index (χ2n) is 10.5. The van der Waals surface area contributed by atoms with E-state index >= 15 is 0 Å². The number of likely N-dealkylation sites (tertiary alicyclic amines) is 1. The van der Waals surface area contributed by atoms with Crippen LogP contribution in [0.15, 0.2) is 76.7 Å². The number of nitrogens with zero attached hydrogens (tertiary/aromatic N) is 3. The number of rotatable bonds is 9. The Morgan fingerprint density at radius 3 is 2.84 bits per heavy atom. The lowest BCUT2D eigenvalue weighted by atomic mass is 10.1. The van der Waals surface area contributed by atoms with Crippen molar-refractivity contribution in [2.24, 2.45) is 0 Å². The number of hydrogen-bond acceptors (Lipinski definition) is 8. The minimum atomic E-state index is -0.203. The lowest BCUT2D eigenvalue weighted by Crippen LogP contribution is -2.29. The van der Waals surface area contributed by atoms with Crippen LogP contribution in [0.25, 0.3) is 10.6 Å². The van der Waals surface area contributed by atoms with Crippen LogP contribution in [-0.2, 0) is 6.54 Å². The maximum atomic E-state index is 13.2. The molecule has 1 aromatic heterocycles. The van der Waals surface area contributed by atoms with Crippen molar-refractivity contribution in [3.05, 3.63) is 88.4 Å². The Hall–Kier alpha value is -4.17. The zero-order valence-electron chi connectivity index (χ0n) is 23.8. The van der Waals surface area contributed by atoms with E-state index < -0.39 is 0 Å².